The number of nitrogens with one attached hydrogen (secondary N) is 3. The highest BCUT2D eigenvalue weighted by Gasteiger charge is 2.31. The van der Waals surface area contributed by atoms with E-state index in [2.05, 4.69) is 21.2 Å². The van der Waals surface area contributed by atoms with Gasteiger partial charge in [0.25, 0.3) is 5.91 Å². The van der Waals surface area contributed by atoms with Crippen LogP contribution in [-0.4, -0.2) is 27.2 Å². The lowest BCUT2D eigenvalue weighted by atomic mass is 10.1. The third kappa shape index (κ3) is 7.17. The summed E-state index contributed by atoms with van der Waals surface area (Å²) in [5.41, 5.74) is 11.1. The minimum atomic E-state index is -4.50. The molecular formula is C23H28F3N7OS. The van der Waals surface area contributed by atoms with Crippen LogP contribution in [0.2, 0.25) is 0 Å². The number of alkyl halides is 3. The maximum absolute atomic E-state index is 12.9. The molecule has 0 atom stereocenters. The van der Waals surface area contributed by atoms with Crippen molar-refractivity contribution < 1.29 is 18.0 Å². The summed E-state index contributed by atoms with van der Waals surface area (Å²) in [6, 6.07) is 7.98. The van der Waals surface area contributed by atoms with E-state index in [1.54, 1.807) is 23.0 Å². The summed E-state index contributed by atoms with van der Waals surface area (Å²) in [5, 5.41) is 9.44. The average Bonchev–Trinajstić information content (AvgIpc) is 3.13. The third-order valence-corrected chi connectivity index (χ3v) is 5.34. The van der Waals surface area contributed by atoms with Crippen LogP contribution < -0.4 is 27.6 Å². The summed E-state index contributed by atoms with van der Waals surface area (Å²) in [7, 11) is 1.86. The molecule has 0 aliphatic rings. The molecule has 0 spiro atoms. The number of anilines is 3. The van der Waals surface area contributed by atoms with Crippen LogP contribution in [0.5, 0.6) is 0 Å². The molecule has 0 radical (unpaired) electrons. The molecule has 3 rings (SSSR count). The van der Waals surface area contributed by atoms with Gasteiger partial charge in [-0.25, -0.2) is 0 Å². The molecule has 1 amide bonds. The molecule has 0 bridgehead atoms. The van der Waals surface area contributed by atoms with Crippen molar-refractivity contribution in [3.8, 4) is 0 Å². The van der Waals surface area contributed by atoms with E-state index in [0.717, 1.165) is 29.0 Å². The van der Waals surface area contributed by atoms with E-state index in [4.69, 9.17) is 23.8 Å². The summed E-state index contributed by atoms with van der Waals surface area (Å²) in [6.07, 6.45) is -2.82. The van der Waals surface area contributed by atoms with Gasteiger partial charge in [-0.15, -0.1) is 0 Å². The van der Waals surface area contributed by atoms with Gasteiger partial charge in [0.1, 0.15) is 4.99 Å². The van der Waals surface area contributed by atoms with Gasteiger partial charge in [0, 0.05) is 30.4 Å². The number of nitrogen functional groups attached to an aromatic ring is 1. The molecule has 0 saturated heterocycles. The Kier molecular flexibility index (Phi) is 9.20. The molecule has 35 heavy (non-hydrogen) atoms. The minimum absolute atomic E-state index is 0.0597. The Balaban J connectivity index is 0.000000360. The highest BCUT2D eigenvalue weighted by atomic mass is 32.1. The van der Waals surface area contributed by atoms with Gasteiger partial charge in [-0.1, -0.05) is 18.3 Å². The molecule has 0 aliphatic carbocycles. The number of hydrogen-bond donors (Lipinski definition) is 5. The number of aromatic nitrogens is 2. The number of rotatable bonds is 6. The highest BCUT2D eigenvalue weighted by Crippen LogP contribution is 2.34. The Morgan fingerprint density at radius 1 is 1.11 bits per heavy atom. The molecule has 0 aliphatic heterocycles. The lowest BCUT2D eigenvalue weighted by Crippen LogP contribution is -2.16. The summed E-state index contributed by atoms with van der Waals surface area (Å²) in [5.74, 6) is 4.85. The fourth-order valence-corrected chi connectivity index (χ4v) is 3.22. The van der Waals surface area contributed by atoms with E-state index in [-0.39, 0.29) is 11.3 Å². The number of benzene rings is 2. The predicted molar refractivity (Wildman–Crippen MR) is 136 cm³/mol. The quantitative estimate of drug-likeness (QED) is 0.191. The number of aryl methyl sites for hydroxylation is 2. The highest BCUT2D eigenvalue weighted by molar-refractivity contribution is 7.80. The first kappa shape index (κ1) is 27.6. The van der Waals surface area contributed by atoms with Gasteiger partial charge >= 0.3 is 6.18 Å². The second-order valence-corrected chi connectivity index (χ2v) is 7.99. The van der Waals surface area contributed by atoms with Gasteiger partial charge in [0.05, 0.1) is 28.8 Å². The molecule has 0 fully saturated rings. The normalized spacial score (nSPS) is 10.7. The van der Waals surface area contributed by atoms with Gasteiger partial charge in [-0.3, -0.25) is 15.3 Å². The zero-order valence-corrected chi connectivity index (χ0v) is 20.6. The Hall–Kier alpha value is -3.64. The first-order valence-corrected chi connectivity index (χ1v) is 10.9. The number of thiocarbonyl (C=S) groups is 1. The smallest absolute Gasteiger partial charge is 0.389 e. The monoisotopic (exact) mass is 507 g/mol. The molecule has 7 N–H and O–H groups in total. The van der Waals surface area contributed by atoms with Crippen LogP contribution in [-0.2, 0) is 13.2 Å². The second kappa shape index (κ2) is 11.7. The van der Waals surface area contributed by atoms with Gasteiger partial charge in [-0.2, -0.15) is 18.3 Å². The van der Waals surface area contributed by atoms with Crippen LogP contribution in [0, 0.1) is 13.8 Å². The molecule has 2 aromatic carbocycles. The van der Waals surface area contributed by atoms with Crippen molar-refractivity contribution in [2.75, 3.05) is 22.6 Å². The largest absolute Gasteiger partial charge is 0.416 e. The topological polar surface area (TPSA) is 123 Å². The summed E-state index contributed by atoms with van der Waals surface area (Å²) >= 11 is 4.79. The summed E-state index contributed by atoms with van der Waals surface area (Å²) in [6.45, 7) is 6.05. The maximum Gasteiger partial charge on any atom is 0.416 e. The van der Waals surface area contributed by atoms with Crippen LogP contribution in [0.3, 0.4) is 0 Å². The van der Waals surface area contributed by atoms with Crippen molar-refractivity contribution >= 4 is 40.2 Å². The van der Waals surface area contributed by atoms with E-state index in [1.807, 2.05) is 27.8 Å². The van der Waals surface area contributed by atoms with Gasteiger partial charge < -0.3 is 21.8 Å². The lowest BCUT2D eigenvalue weighted by molar-refractivity contribution is -0.137. The molecule has 0 unspecified atom stereocenters. The standard InChI is InChI=1S/C17H19F3N4O.C6H9N3S/c1-3-22-13-7-6-12(17(18,19)20)9-15(13)23-16(25)11-5-4-10(2)14(8-11)24-21;1-4-5(6(7)10)3-8-9(4)2/h4-9,22,24H,3,21H2,1-2H3,(H,23,25);3H,1-2H3,(H2,7,10). The van der Waals surface area contributed by atoms with E-state index in [1.165, 1.54) is 12.1 Å². The number of hydrogen-bond acceptors (Lipinski definition) is 6. The SMILES string of the molecule is CCNc1ccc(C(F)(F)F)cc1NC(=O)c1ccc(C)c(NN)c1.Cc1c(C(N)=S)cnn1C. The van der Waals surface area contributed by atoms with Crippen molar-refractivity contribution in [1.29, 1.82) is 0 Å². The maximum atomic E-state index is 12.9. The number of hydrazine groups is 1. The van der Waals surface area contributed by atoms with Crippen molar-refractivity contribution in [3.63, 3.8) is 0 Å². The number of halogens is 3. The van der Waals surface area contributed by atoms with Crippen LogP contribution >= 0.6 is 12.2 Å². The minimum Gasteiger partial charge on any atom is -0.389 e. The molecule has 188 valence electrons. The van der Waals surface area contributed by atoms with Crippen molar-refractivity contribution in [2.24, 2.45) is 18.6 Å². The predicted octanol–water partition coefficient (Wildman–Crippen LogP) is 4.35. The molecule has 0 saturated carbocycles. The molecule has 3 aromatic rings. The van der Waals surface area contributed by atoms with Crippen molar-refractivity contribution in [1.82, 2.24) is 9.78 Å². The zero-order valence-electron chi connectivity index (χ0n) is 19.7. The van der Waals surface area contributed by atoms with E-state index in [9.17, 15) is 18.0 Å². The number of carbonyl (C=O) groups excluding carboxylic acids is 1. The van der Waals surface area contributed by atoms with E-state index < -0.39 is 17.6 Å². The summed E-state index contributed by atoms with van der Waals surface area (Å²) < 4.78 is 40.5. The molecular weight excluding hydrogens is 479 g/mol. The first-order valence-electron chi connectivity index (χ1n) is 10.5. The Labute approximate surface area is 206 Å². The average molecular weight is 508 g/mol. The van der Waals surface area contributed by atoms with Crippen LogP contribution in [0.25, 0.3) is 0 Å². The fourth-order valence-electron chi connectivity index (χ4n) is 3.02. The second-order valence-electron chi connectivity index (χ2n) is 7.55. The number of carbonyl (C=O) groups is 1. The zero-order chi connectivity index (χ0) is 26.3. The van der Waals surface area contributed by atoms with Crippen LogP contribution in [0.15, 0.2) is 42.6 Å². The van der Waals surface area contributed by atoms with E-state index >= 15 is 0 Å². The number of nitrogens with two attached hydrogens (primary N) is 2. The Morgan fingerprint density at radius 2 is 1.80 bits per heavy atom. The first-order chi connectivity index (χ1) is 16.4. The van der Waals surface area contributed by atoms with Gasteiger partial charge in [0.2, 0.25) is 0 Å². The number of nitrogens with zero attached hydrogens (tertiary/aromatic N) is 2. The van der Waals surface area contributed by atoms with Crippen LogP contribution in [0.1, 0.15) is 39.7 Å². The fraction of sp³-hybridized carbons (Fsp3) is 0.261. The molecule has 1 heterocycles. The Bertz CT molecular complexity index is 1210. The van der Waals surface area contributed by atoms with Crippen molar-refractivity contribution in [2.45, 2.75) is 26.9 Å². The molecule has 8 nitrogen and oxygen atoms in total. The van der Waals surface area contributed by atoms with E-state index in [0.29, 0.717) is 22.9 Å². The summed E-state index contributed by atoms with van der Waals surface area (Å²) in [4.78, 5) is 12.8. The molecule has 1 aromatic heterocycles. The Morgan fingerprint density at radius 3 is 2.29 bits per heavy atom. The molecule has 12 heteroatoms. The van der Waals surface area contributed by atoms with Crippen molar-refractivity contribution in [3.05, 3.63) is 70.5 Å². The lowest BCUT2D eigenvalue weighted by Gasteiger charge is -2.16. The van der Waals surface area contributed by atoms with Gasteiger partial charge in [-0.05, 0) is 56.7 Å². The number of amides is 1. The third-order valence-electron chi connectivity index (χ3n) is 5.12. The van der Waals surface area contributed by atoms with Gasteiger partial charge in [0.15, 0.2) is 0 Å². The van der Waals surface area contributed by atoms with Crippen LogP contribution in [0.4, 0.5) is 30.2 Å².